The minimum Gasteiger partial charge on any atom is -0.368 e. The van der Waals surface area contributed by atoms with E-state index in [9.17, 15) is 14.0 Å². The summed E-state index contributed by atoms with van der Waals surface area (Å²) in [6.45, 7) is 3.22. The maximum Gasteiger partial charge on any atom is 0.317 e. The largest absolute Gasteiger partial charge is 0.368 e. The molecule has 2 fully saturated rings. The zero-order chi connectivity index (χ0) is 17.6. The fourth-order valence-electron chi connectivity index (χ4n) is 2.90. The average Bonchev–Trinajstić information content (AvgIpc) is 3.43. The molecule has 1 aliphatic heterocycles. The summed E-state index contributed by atoms with van der Waals surface area (Å²) in [5.41, 5.74) is 0.975. The molecule has 0 radical (unpaired) electrons. The van der Waals surface area contributed by atoms with Crippen molar-refractivity contribution in [1.82, 2.24) is 15.5 Å². The van der Waals surface area contributed by atoms with Crippen molar-refractivity contribution in [3.8, 4) is 0 Å². The van der Waals surface area contributed by atoms with E-state index in [2.05, 4.69) is 15.5 Å². The van der Waals surface area contributed by atoms with Crippen LogP contribution in [-0.2, 0) is 4.79 Å². The van der Waals surface area contributed by atoms with Gasteiger partial charge in [0.1, 0.15) is 5.82 Å². The lowest BCUT2D eigenvalue weighted by Gasteiger charge is -2.36. The number of carbonyl (C=O) groups is 2. The van der Waals surface area contributed by atoms with E-state index in [1.165, 1.54) is 12.1 Å². The molecular weight excluding hydrogens is 323 g/mol. The molecule has 0 aromatic heterocycles. The summed E-state index contributed by atoms with van der Waals surface area (Å²) in [6.07, 6.45) is 3.29. The smallest absolute Gasteiger partial charge is 0.317 e. The number of hydrogen-bond acceptors (Lipinski definition) is 3. The van der Waals surface area contributed by atoms with Gasteiger partial charge >= 0.3 is 6.03 Å². The molecule has 0 bridgehead atoms. The highest BCUT2D eigenvalue weighted by Crippen LogP contribution is 2.19. The number of carbonyl (C=O) groups excluding carboxylic acids is 2. The molecule has 2 aliphatic rings. The maximum absolute atomic E-state index is 13.0. The van der Waals surface area contributed by atoms with Crippen LogP contribution in [-0.4, -0.2) is 55.6 Å². The van der Waals surface area contributed by atoms with Gasteiger partial charge < -0.3 is 20.4 Å². The lowest BCUT2D eigenvalue weighted by molar-refractivity contribution is -0.121. The second-order valence-electron chi connectivity index (χ2n) is 6.63. The zero-order valence-electron chi connectivity index (χ0n) is 14.3. The number of hydrogen-bond donors (Lipinski definition) is 2. The van der Waals surface area contributed by atoms with E-state index in [4.69, 9.17) is 0 Å². The van der Waals surface area contributed by atoms with Crippen LogP contribution < -0.4 is 15.5 Å². The number of halogens is 1. The van der Waals surface area contributed by atoms with E-state index >= 15 is 0 Å². The summed E-state index contributed by atoms with van der Waals surface area (Å²) in [5, 5.41) is 5.82. The first-order valence-corrected chi connectivity index (χ1v) is 8.94. The Kier molecular flexibility index (Phi) is 5.73. The van der Waals surface area contributed by atoms with Crippen LogP contribution >= 0.6 is 0 Å². The Bertz CT molecular complexity index is 596. The molecule has 1 saturated carbocycles. The summed E-state index contributed by atoms with van der Waals surface area (Å²) >= 11 is 0. The van der Waals surface area contributed by atoms with E-state index in [0.717, 1.165) is 31.6 Å². The third-order valence-electron chi connectivity index (χ3n) is 4.56. The van der Waals surface area contributed by atoms with Gasteiger partial charge in [0.05, 0.1) is 0 Å². The predicted octanol–water partition coefficient (Wildman–Crippen LogP) is 1.72. The summed E-state index contributed by atoms with van der Waals surface area (Å²) in [5.74, 6) is -0.169. The molecule has 7 heteroatoms. The van der Waals surface area contributed by atoms with Crippen molar-refractivity contribution in [3.05, 3.63) is 30.1 Å². The van der Waals surface area contributed by atoms with Gasteiger partial charge in [0.2, 0.25) is 5.91 Å². The van der Waals surface area contributed by atoms with Crippen LogP contribution in [0.5, 0.6) is 0 Å². The highest BCUT2D eigenvalue weighted by Gasteiger charge is 2.23. The van der Waals surface area contributed by atoms with Gasteiger partial charge in [0.25, 0.3) is 0 Å². The number of urea groups is 1. The van der Waals surface area contributed by atoms with Crippen LogP contribution in [0, 0.1) is 5.82 Å². The van der Waals surface area contributed by atoms with Crippen molar-refractivity contribution in [2.45, 2.75) is 31.7 Å². The molecule has 1 aliphatic carbocycles. The van der Waals surface area contributed by atoms with E-state index in [-0.39, 0.29) is 17.8 Å². The van der Waals surface area contributed by atoms with E-state index in [0.29, 0.717) is 38.5 Å². The third kappa shape index (κ3) is 5.34. The molecule has 3 amide bonds. The number of nitrogens with one attached hydrogen (secondary N) is 2. The molecular formula is C18H25FN4O2. The summed E-state index contributed by atoms with van der Waals surface area (Å²) in [7, 11) is 0. The van der Waals surface area contributed by atoms with Crippen LogP contribution in [0.25, 0.3) is 0 Å². The van der Waals surface area contributed by atoms with Gasteiger partial charge in [-0.1, -0.05) is 0 Å². The molecule has 0 unspecified atom stereocenters. The van der Waals surface area contributed by atoms with E-state index in [1.54, 1.807) is 17.0 Å². The number of amides is 3. The number of benzene rings is 1. The Morgan fingerprint density at radius 1 is 1.08 bits per heavy atom. The summed E-state index contributed by atoms with van der Waals surface area (Å²) in [6, 6.07) is 6.73. The topological polar surface area (TPSA) is 64.7 Å². The third-order valence-corrected chi connectivity index (χ3v) is 4.56. The lowest BCUT2D eigenvalue weighted by atomic mass is 10.2. The number of anilines is 1. The van der Waals surface area contributed by atoms with Crippen molar-refractivity contribution >= 4 is 17.6 Å². The maximum atomic E-state index is 13.0. The molecule has 1 aromatic carbocycles. The zero-order valence-corrected chi connectivity index (χ0v) is 14.3. The molecule has 6 nitrogen and oxygen atoms in total. The fourth-order valence-corrected chi connectivity index (χ4v) is 2.90. The number of rotatable bonds is 6. The predicted molar refractivity (Wildman–Crippen MR) is 94.0 cm³/mol. The van der Waals surface area contributed by atoms with Gasteiger partial charge in [0, 0.05) is 50.9 Å². The lowest BCUT2D eigenvalue weighted by Crippen LogP contribution is -2.52. The highest BCUT2D eigenvalue weighted by molar-refractivity contribution is 5.77. The molecule has 1 saturated heterocycles. The molecule has 1 aromatic rings. The molecule has 1 heterocycles. The van der Waals surface area contributed by atoms with Crippen molar-refractivity contribution in [1.29, 1.82) is 0 Å². The molecule has 2 N–H and O–H groups in total. The quantitative estimate of drug-likeness (QED) is 0.770. The van der Waals surface area contributed by atoms with Crippen molar-refractivity contribution in [3.63, 3.8) is 0 Å². The number of piperazine rings is 1. The summed E-state index contributed by atoms with van der Waals surface area (Å²) in [4.78, 5) is 27.7. The Labute approximate surface area is 147 Å². The highest BCUT2D eigenvalue weighted by atomic mass is 19.1. The van der Waals surface area contributed by atoms with Crippen molar-refractivity contribution in [2.24, 2.45) is 0 Å². The molecule has 3 rings (SSSR count). The van der Waals surface area contributed by atoms with Crippen LogP contribution in [0.3, 0.4) is 0 Å². The normalized spacial score (nSPS) is 17.3. The molecule has 25 heavy (non-hydrogen) atoms. The summed E-state index contributed by atoms with van der Waals surface area (Å²) < 4.78 is 13.0. The van der Waals surface area contributed by atoms with Crippen molar-refractivity contribution in [2.75, 3.05) is 37.6 Å². The van der Waals surface area contributed by atoms with Gasteiger partial charge in [-0.2, -0.15) is 0 Å². The first kappa shape index (κ1) is 17.5. The Balaban J connectivity index is 1.32. The SMILES string of the molecule is O=C(CCCNC(=O)N1CCN(c2ccc(F)cc2)CC1)NC1CC1. The molecule has 0 spiro atoms. The van der Waals surface area contributed by atoms with E-state index in [1.807, 2.05) is 0 Å². The molecule has 136 valence electrons. The number of nitrogens with zero attached hydrogens (tertiary/aromatic N) is 2. The second-order valence-corrected chi connectivity index (χ2v) is 6.63. The first-order valence-electron chi connectivity index (χ1n) is 8.94. The van der Waals surface area contributed by atoms with Crippen molar-refractivity contribution < 1.29 is 14.0 Å². The minimum absolute atomic E-state index is 0.0738. The van der Waals surface area contributed by atoms with Crippen LogP contribution in [0.4, 0.5) is 14.9 Å². The van der Waals surface area contributed by atoms with Gasteiger partial charge in [-0.15, -0.1) is 0 Å². The Morgan fingerprint density at radius 3 is 2.40 bits per heavy atom. The van der Waals surface area contributed by atoms with Crippen LogP contribution in [0.1, 0.15) is 25.7 Å². The van der Waals surface area contributed by atoms with E-state index < -0.39 is 0 Å². The van der Waals surface area contributed by atoms with Gasteiger partial charge in [-0.25, -0.2) is 9.18 Å². The molecule has 0 atom stereocenters. The van der Waals surface area contributed by atoms with Crippen LogP contribution in [0.2, 0.25) is 0 Å². The van der Waals surface area contributed by atoms with Gasteiger partial charge in [-0.05, 0) is 43.5 Å². The first-order chi connectivity index (χ1) is 12.1. The Morgan fingerprint density at radius 2 is 1.76 bits per heavy atom. The monoisotopic (exact) mass is 348 g/mol. The fraction of sp³-hybridized carbons (Fsp3) is 0.556. The second kappa shape index (κ2) is 8.18. The van der Waals surface area contributed by atoms with Crippen LogP contribution in [0.15, 0.2) is 24.3 Å². The van der Waals surface area contributed by atoms with Gasteiger partial charge in [0.15, 0.2) is 0 Å². The Hall–Kier alpha value is -2.31. The van der Waals surface area contributed by atoms with Gasteiger partial charge in [-0.3, -0.25) is 4.79 Å². The minimum atomic E-state index is -0.243. The standard InChI is InChI=1S/C18H25FN4O2/c19-14-3-7-16(8-4-14)22-10-12-23(13-11-22)18(25)20-9-1-2-17(24)21-15-5-6-15/h3-4,7-8,15H,1-2,5-6,9-13H2,(H,20,25)(H,21,24). The average molecular weight is 348 g/mol.